The maximum atomic E-state index is 13.9. The topological polar surface area (TPSA) is 26.0 Å². The summed E-state index contributed by atoms with van der Waals surface area (Å²) in [6, 6.07) is 9.11. The van der Waals surface area contributed by atoms with Crippen LogP contribution in [0.15, 0.2) is 42.5 Å². The maximum absolute atomic E-state index is 13.9. The summed E-state index contributed by atoms with van der Waals surface area (Å²) >= 11 is 0. The number of hydrogen-bond donors (Lipinski definition) is 1. The lowest BCUT2D eigenvalue weighted by molar-refractivity contribution is -0.137. The van der Waals surface area contributed by atoms with Crippen LogP contribution < -0.4 is 5.73 Å². The third-order valence-corrected chi connectivity index (χ3v) is 3.36. The molecule has 2 N–H and O–H groups in total. The van der Waals surface area contributed by atoms with Crippen LogP contribution in [0.5, 0.6) is 0 Å². The lowest BCUT2D eigenvalue weighted by Crippen LogP contribution is -2.15. The average Bonchev–Trinajstić information content (AvgIpc) is 2.41. The van der Waals surface area contributed by atoms with Gasteiger partial charge in [0.05, 0.1) is 5.56 Å². The molecule has 1 atom stereocenters. The zero-order valence-electron chi connectivity index (χ0n) is 11.4. The smallest absolute Gasteiger partial charge is 0.324 e. The Bertz CT molecular complexity index is 617. The minimum atomic E-state index is -4.36. The average molecular weight is 297 g/mol. The van der Waals surface area contributed by atoms with Gasteiger partial charge in [0, 0.05) is 11.6 Å². The Morgan fingerprint density at radius 3 is 2.24 bits per heavy atom. The van der Waals surface area contributed by atoms with Gasteiger partial charge in [0.25, 0.3) is 0 Å². The van der Waals surface area contributed by atoms with Crippen molar-refractivity contribution in [3.63, 3.8) is 0 Å². The summed E-state index contributed by atoms with van der Waals surface area (Å²) in [4.78, 5) is 0. The standard InChI is InChI=1S/C16H15F4N/c1-10-3-2-4-13(15(10)17)14(21)9-11-5-7-12(8-6-11)16(18,19)20/h2-8,14H,9,21H2,1H3. The normalized spacial score (nSPS) is 13.2. The molecule has 0 bridgehead atoms. The van der Waals surface area contributed by atoms with Gasteiger partial charge in [-0.15, -0.1) is 0 Å². The van der Waals surface area contributed by atoms with Crippen molar-refractivity contribution in [1.29, 1.82) is 0 Å². The molecule has 1 nitrogen and oxygen atoms in total. The second-order valence-corrected chi connectivity index (χ2v) is 4.98. The predicted octanol–water partition coefficient (Wildman–Crippen LogP) is 4.40. The number of nitrogens with two attached hydrogens (primary N) is 1. The first-order valence-electron chi connectivity index (χ1n) is 6.46. The summed E-state index contributed by atoms with van der Waals surface area (Å²) in [5.41, 5.74) is 6.75. The van der Waals surface area contributed by atoms with Crippen molar-refractivity contribution in [2.75, 3.05) is 0 Å². The van der Waals surface area contributed by atoms with Gasteiger partial charge >= 0.3 is 6.18 Å². The monoisotopic (exact) mass is 297 g/mol. The second kappa shape index (κ2) is 5.85. The summed E-state index contributed by atoms with van der Waals surface area (Å²) in [6.07, 6.45) is -4.08. The van der Waals surface area contributed by atoms with Crippen molar-refractivity contribution in [2.24, 2.45) is 5.73 Å². The van der Waals surface area contributed by atoms with Crippen LogP contribution in [0.3, 0.4) is 0 Å². The van der Waals surface area contributed by atoms with Crippen molar-refractivity contribution in [1.82, 2.24) is 0 Å². The molecule has 0 saturated carbocycles. The van der Waals surface area contributed by atoms with E-state index in [0.29, 0.717) is 16.7 Å². The van der Waals surface area contributed by atoms with E-state index in [4.69, 9.17) is 5.73 Å². The minimum Gasteiger partial charge on any atom is -0.324 e. The minimum absolute atomic E-state index is 0.276. The molecule has 2 rings (SSSR count). The first-order chi connectivity index (χ1) is 9.79. The lowest BCUT2D eigenvalue weighted by Gasteiger charge is -2.15. The molecule has 0 saturated heterocycles. The van der Waals surface area contributed by atoms with Gasteiger partial charge in [-0.05, 0) is 36.6 Å². The molecule has 0 fully saturated rings. The van der Waals surface area contributed by atoms with Crippen LogP contribution in [0.4, 0.5) is 17.6 Å². The molecule has 2 aromatic rings. The Labute approximate surface area is 120 Å². The fourth-order valence-corrected chi connectivity index (χ4v) is 2.15. The predicted molar refractivity (Wildman–Crippen MR) is 73.2 cm³/mol. The largest absolute Gasteiger partial charge is 0.416 e. The van der Waals surface area contributed by atoms with Crippen molar-refractivity contribution in [3.05, 3.63) is 70.5 Å². The summed E-state index contributed by atoms with van der Waals surface area (Å²) < 4.78 is 51.4. The molecular weight excluding hydrogens is 282 g/mol. The van der Waals surface area contributed by atoms with Crippen molar-refractivity contribution in [2.45, 2.75) is 25.6 Å². The zero-order valence-corrected chi connectivity index (χ0v) is 11.4. The second-order valence-electron chi connectivity index (χ2n) is 4.98. The molecule has 0 aromatic heterocycles. The Balaban J connectivity index is 2.16. The van der Waals surface area contributed by atoms with E-state index in [1.54, 1.807) is 25.1 Å². The summed E-state index contributed by atoms with van der Waals surface area (Å²) in [6.45, 7) is 1.64. The number of alkyl halides is 3. The van der Waals surface area contributed by atoms with Crippen LogP contribution in [0.25, 0.3) is 0 Å². The van der Waals surface area contributed by atoms with Gasteiger partial charge in [0.1, 0.15) is 5.82 Å². The van der Waals surface area contributed by atoms with Gasteiger partial charge in [0.2, 0.25) is 0 Å². The molecule has 0 radical (unpaired) electrons. The quantitative estimate of drug-likeness (QED) is 0.835. The molecule has 0 aliphatic carbocycles. The molecule has 0 aliphatic rings. The highest BCUT2D eigenvalue weighted by molar-refractivity contribution is 5.30. The van der Waals surface area contributed by atoms with E-state index in [-0.39, 0.29) is 12.2 Å². The molecule has 0 aliphatic heterocycles. The van der Waals surface area contributed by atoms with Crippen molar-refractivity contribution >= 4 is 0 Å². The number of hydrogen-bond acceptors (Lipinski definition) is 1. The van der Waals surface area contributed by atoms with Gasteiger partial charge in [0.15, 0.2) is 0 Å². The summed E-state index contributed by atoms with van der Waals surface area (Å²) in [7, 11) is 0. The van der Waals surface area contributed by atoms with Crippen LogP contribution >= 0.6 is 0 Å². The molecule has 0 heterocycles. The Morgan fingerprint density at radius 1 is 1.05 bits per heavy atom. The zero-order chi connectivity index (χ0) is 15.6. The van der Waals surface area contributed by atoms with Crippen LogP contribution in [-0.4, -0.2) is 0 Å². The molecule has 0 amide bonds. The highest BCUT2D eigenvalue weighted by Crippen LogP contribution is 2.29. The van der Waals surface area contributed by atoms with Gasteiger partial charge < -0.3 is 5.73 Å². The summed E-state index contributed by atoms with van der Waals surface area (Å²) in [5.74, 6) is -0.364. The molecular formula is C16H15F4N. The summed E-state index contributed by atoms with van der Waals surface area (Å²) in [5, 5.41) is 0. The third kappa shape index (κ3) is 3.61. The van der Waals surface area contributed by atoms with Gasteiger partial charge in [-0.25, -0.2) is 4.39 Å². The van der Waals surface area contributed by atoms with E-state index in [9.17, 15) is 17.6 Å². The van der Waals surface area contributed by atoms with Crippen LogP contribution in [0, 0.1) is 12.7 Å². The van der Waals surface area contributed by atoms with Gasteiger partial charge in [-0.2, -0.15) is 13.2 Å². The Kier molecular flexibility index (Phi) is 4.32. The highest BCUT2D eigenvalue weighted by Gasteiger charge is 2.30. The Morgan fingerprint density at radius 2 is 1.67 bits per heavy atom. The van der Waals surface area contributed by atoms with E-state index in [1.807, 2.05) is 0 Å². The highest BCUT2D eigenvalue weighted by atomic mass is 19.4. The molecule has 2 aromatic carbocycles. The van der Waals surface area contributed by atoms with Crippen LogP contribution in [0.2, 0.25) is 0 Å². The van der Waals surface area contributed by atoms with Crippen LogP contribution in [-0.2, 0) is 12.6 Å². The van der Waals surface area contributed by atoms with E-state index in [2.05, 4.69) is 0 Å². The van der Waals surface area contributed by atoms with Gasteiger partial charge in [-0.1, -0.05) is 30.3 Å². The first kappa shape index (κ1) is 15.5. The van der Waals surface area contributed by atoms with Gasteiger partial charge in [-0.3, -0.25) is 0 Å². The van der Waals surface area contributed by atoms with Crippen LogP contribution in [0.1, 0.15) is 28.3 Å². The molecule has 5 heteroatoms. The molecule has 1 unspecified atom stereocenters. The molecule has 0 spiro atoms. The first-order valence-corrected chi connectivity index (χ1v) is 6.46. The number of aryl methyl sites for hydroxylation is 1. The van der Waals surface area contributed by atoms with Crippen molar-refractivity contribution < 1.29 is 17.6 Å². The number of rotatable bonds is 3. The lowest BCUT2D eigenvalue weighted by atomic mass is 9.97. The SMILES string of the molecule is Cc1cccc(C(N)Cc2ccc(C(F)(F)F)cc2)c1F. The van der Waals surface area contributed by atoms with E-state index >= 15 is 0 Å². The molecule has 21 heavy (non-hydrogen) atoms. The molecule has 112 valence electrons. The van der Waals surface area contributed by atoms with E-state index in [0.717, 1.165) is 12.1 Å². The fraction of sp³-hybridized carbons (Fsp3) is 0.250. The van der Waals surface area contributed by atoms with E-state index < -0.39 is 17.8 Å². The third-order valence-electron chi connectivity index (χ3n) is 3.36. The Hall–Kier alpha value is -1.88. The number of benzene rings is 2. The maximum Gasteiger partial charge on any atom is 0.416 e. The van der Waals surface area contributed by atoms with E-state index in [1.165, 1.54) is 12.1 Å². The number of halogens is 4. The van der Waals surface area contributed by atoms with Crippen molar-refractivity contribution in [3.8, 4) is 0 Å². The fourth-order valence-electron chi connectivity index (χ4n) is 2.15.